The van der Waals surface area contributed by atoms with Crippen LogP contribution in [0.1, 0.15) is 41.9 Å². The van der Waals surface area contributed by atoms with Crippen LogP contribution in [0.3, 0.4) is 0 Å². The number of pyridine rings is 1. The molecule has 1 fully saturated rings. The van der Waals surface area contributed by atoms with Gasteiger partial charge in [0.1, 0.15) is 29.2 Å². The molecule has 1 saturated heterocycles. The summed E-state index contributed by atoms with van der Waals surface area (Å²) in [6.45, 7) is 4.19. The van der Waals surface area contributed by atoms with Gasteiger partial charge in [0, 0.05) is 13.1 Å². The van der Waals surface area contributed by atoms with Crippen molar-refractivity contribution in [3.05, 3.63) is 155 Å². The molecule has 6 aromatic rings. The van der Waals surface area contributed by atoms with Crippen LogP contribution < -0.4 is 9.47 Å². The molecule has 1 aliphatic rings. The van der Waals surface area contributed by atoms with Gasteiger partial charge in [-0.1, -0.05) is 115 Å². The van der Waals surface area contributed by atoms with Crippen LogP contribution in [0.4, 0.5) is 4.79 Å². The highest BCUT2D eigenvalue weighted by Crippen LogP contribution is 2.47. The predicted octanol–water partition coefficient (Wildman–Crippen LogP) is 7.93. The third-order valence-electron chi connectivity index (χ3n) is 8.68. The smallest absolute Gasteiger partial charge is 0.290 e. The molecular formula is C40H36N4O4S. The fourth-order valence-corrected chi connectivity index (χ4v) is 7.49. The molecule has 0 radical (unpaired) electrons. The fourth-order valence-electron chi connectivity index (χ4n) is 6.43. The molecular weight excluding hydrogens is 633 g/mol. The minimum absolute atomic E-state index is 0.0279. The number of imide groups is 1. The Kier molecular flexibility index (Phi) is 8.93. The molecule has 1 atom stereocenters. The zero-order valence-corrected chi connectivity index (χ0v) is 28.3. The lowest BCUT2D eigenvalue weighted by atomic mass is 9.75. The molecule has 4 aromatic carbocycles. The number of benzene rings is 4. The van der Waals surface area contributed by atoms with E-state index in [0.29, 0.717) is 18.1 Å². The molecule has 0 saturated carbocycles. The molecule has 7 rings (SSSR count). The summed E-state index contributed by atoms with van der Waals surface area (Å²) < 4.78 is 13.7. The van der Waals surface area contributed by atoms with Crippen LogP contribution in [0, 0.1) is 0 Å². The van der Waals surface area contributed by atoms with E-state index in [1.54, 1.807) is 0 Å². The number of hydrogen-bond acceptors (Lipinski definition) is 7. The van der Waals surface area contributed by atoms with Gasteiger partial charge in [-0.2, -0.15) is 4.98 Å². The van der Waals surface area contributed by atoms with Crippen molar-refractivity contribution >= 4 is 34.1 Å². The summed E-state index contributed by atoms with van der Waals surface area (Å²) in [7, 11) is 1.91. The van der Waals surface area contributed by atoms with Gasteiger partial charge in [0.15, 0.2) is 5.65 Å². The van der Waals surface area contributed by atoms with Crippen LogP contribution in [0.5, 0.6) is 11.6 Å². The summed E-state index contributed by atoms with van der Waals surface area (Å²) in [5, 5.41) is -0.849. The maximum atomic E-state index is 14.4. The zero-order chi connectivity index (χ0) is 34.0. The van der Waals surface area contributed by atoms with E-state index in [0.717, 1.165) is 51.0 Å². The van der Waals surface area contributed by atoms with Gasteiger partial charge in [0.05, 0.1) is 11.4 Å². The number of aryl methyl sites for hydroxylation is 1. The lowest BCUT2D eigenvalue weighted by molar-refractivity contribution is -0.129. The van der Waals surface area contributed by atoms with Gasteiger partial charge in [-0.15, -0.1) is 0 Å². The number of carbonyl (C=O) groups is 2. The third kappa shape index (κ3) is 6.18. The second-order valence-corrected chi connectivity index (χ2v) is 13.4. The quantitative estimate of drug-likeness (QED) is 0.130. The van der Waals surface area contributed by atoms with Crippen LogP contribution in [0.2, 0.25) is 0 Å². The summed E-state index contributed by atoms with van der Waals surface area (Å²) in [6, 6.07) is 40.8. The standard InChI is InChI=1S/C40H36N4O4S/c1-27(2)48-36-24-23-33-37(42-36)43(3)35(41-33)26-47-32-21-19-28(20-22-32)25-34-38(45)44(39(46)49-34)40(29-13-7-4-8-14-29,30-15-9-5-10-16-30)31-17-11-6-12-18-31/h4-24,27,34H,25-26H2,1-3H3. The van der Waals surface area contributed by atoms with E-state index in [4.69, 9.17) is 9.47 Å². The summed E-state index contributed by atoms with van der Waals surface area (Å²) in [5.41, 5.74) is 3.83. The molecule has 1 unspecified atom stereocenters. The number of hydrogen-bond donors (Lipinski definition) is 0. The minimum Gasteiger partial charge on any atom is -0.486 e. The normalized spacial score (nSPS) is 14.9. The van der Waals surface area contributed by atoms with Crippen molar-refractivity contribution in [2.45, 2.75) is 43.8 Å². The summed E-state index contributed by atoms with van der Waals surface area (Å²) >= 11 is 1.09. The molecule has 1 aliphatic heterocycles. The minimum atomic E-state index is -1.13. The number of nitrogens with zero attached hydrogens (tertiary/aromatic N) is 4. The number of fused-ring (bicyclic) bond motifs is 1. The van der Waals surface area contributed by atoms with Crippen LogP contribution in [-0.2, 0) is 30.4 Å². The van der Waals surface area contributed by atoms with E-state index in [2.05, 4.69) is 9.97 Å². The fraction of sp³-hybridized carbons (Fsp3) is 0.200. The Morgan fingerprint density at radius 2 is 1.33 bits per heavy atom. The Bertz CT molecular complexity index is 1990. The Hall–Kier alpha value is -5.41. The molecule has 0 aliphatic carbocycles. The van der Waals surface area contributed by atoms with E-state index in [1.807, 2.05) is 153 Å². The molecule has 0 spiro atoms. The van der Waals surface area contributed by atoms with Crippen LogP contribution >= 0.6 is 11.8 Å². The van der Waals surface area contributed by atoms with Crippen molar-refractivity contribution in [1.82, 2.24) is 19.4 Å². The topological polar surface area (TPSA) is 86.5 Å². The van der Waals surface area contributed by atoms with E-state index >= 15 is 0 Å². The lowest BCUT2D eigenvalue weighted by Gasteiger charge is -2.42. The number of imidazole rings is 1. The zero-order valence-electron chi connectivity index (χ0n) is 27.5. The first-order chi connectivity index (χ1) is 23.8. The number of amides is 2. The molecule has 8 nitrogen and oxygen atoms in total. The van der Waals surface area contributed by atoms with Gasteiger partial charge >= 0.3 is 0 Å². The lowest BCUT2D eigenvalue weighted by Crippen LogP contribution is -2.51. The maximum Gasteiger partial charge on any atom is 0.290 e. The summed E-state index contributed by atoms with van der Waals surface area (Å²) in [6.07, 6.45) is 0.428. The predicted molar refractivity (Wildman–Crippen MR) is 192 cm³/mol. The second kappa shape index (κ2) is 13.6. The van der Waals surface area contributed by atoms with Crippen molar-refractivity contribution in [3.8, 4) is 11.6 Å². The van der Waals surface area contributed by atoms with Gasteiger partial charge in [-0.05, 0) is 60.7 Å². The maximum absolute atomic E-state index is 14.4. The van der Waals surface area contributed by atoms with Crippen LogP contribution in [0.25, 0.3) is 11.2 Å². The van der Waals surface area contributed by atoms with Crippen LogP contribution in [-0.4, -0.2) is 41.9 Å². The Morgan fingerprint density at radius 3 is 1.88 bits per heavy atom. The van der Waals surface area contributed by atoms with Crippen molar-refractivity contribution in [2.24, 2.45) is 7.05 Å². The first-order valence-corrected chi connectivity index (χ1v) is 17.1. The molecule has 2 amide bonds. The molecule has 0 N–H and O–H groups in total. The summed E-state index contributed by atoms with van der Waals surface area (Å²) in [4.78, 5) is 39.2. The average molecular weight is 669 g/mol. The van der Waals surface area contributed by atoms with Crippen molar-refractivity contribution in [3.63, 3.8) is 0 Å². The first kappa shape index (κ1) is 32.2. The highest BCUT2D eigenvalue weighted by atomic mass is 32.2. The van der Waals surface area contributed by atoms with Gasteiger partial charge in [0.25, 0.3) is 5.24 Å². The van der Waals surface area contributed by atoms with E-state index in [9.17, 15) is 9.59 Å². The second-order valence-electron chi connectivity index (χ2n) is 12.2. The Morgan fingerprint density at radius 1 is 0.755 bits per heavy atom. The number of aromatic nitrogens is 3. The Balaban J connectivity index is 1.11. The summed E-state index contributed by atoms with van der Waals surface area (Å²) in [5.74, 6) is 1.75. The number of rotatable bonds is 11. The van der Waals surface area contributed by atoms with Crippen molar-refractivity contribution in [1.29, 1.82) is 0 Å². The monoisotopic (exact) mass is 668 g/mol. The van der Waals surface area contributed by atoms with E-state index in [-0.39, 0.29) is 23.9 Å². The molecule has 3 heterocycles. The largest absolute Gasteiger partial charge is 0.486 e. The van der Waals surface area contributed by atoms with Crippen LogP contribution in [0.15, 0.2) is 127 Å². The van der Waals surface area contributed by atoms with Gasteiger partial charge in [-0.3, -0.25) is 14.5 Å². The van der Waals surface area contributed by atoms with Crippen molar-refractivity contribution in [2.75, 3.05) is 0 Å². The number of carbonyl (C=O) groups excluding carboxylic acids is 2. The van der Waals surface area contributed by atoms with Gasteiger partial charge < -0.3 is 14.0 Å². The highest BCUT2D eigenvalue weighted by molar-refractivity contribution is 8.15. The molecule has 49 heavy (non-hydrogen) atoms. The SMILES string of the molecule is CC(C)Oc1ccc2nc(COc3ccc(CC4SC(=O)N(C(c5ccccc5)(c5ccccc5)c5ccccc5)C4=O)cc3)n(C)c2n1. The van der Waals surface area contributed by atoms with Crippen molar-refractivity contribution < 1.29 is 19.1 Å². The molecule has 246 valence electrons. The van der Waals surface area contributed by atoms with Gasteiger partial charge in [-0.25, -0.2) is 4.98 Å². The Labute approximate surface area is 289 Å². The molecule has 9 heteroatoms. The highest BCUT2D eigenvalue weighted by Gasteiger charge is 2.53. The number of ether oxygens (including phenoxy) is 2. The third-order valence-corrected chi connectivity index (χ3v) is 9.72. The van der Waals surface area contributed by atoms with E-state index < -0.39 is 10.8 Å². The molecule has 2 aromatic heterocycles. The first-order valence-electron chi connectivity index (χ1n) is 16.3. The number of thioether (sulfide) groups is 1. The van der Waals surface area contributed by atoms with Gasteiger partial charge in [0.2, 0.25) is 11.8 Å². The van der Waals surface area contributed by atoms with E-state index in [1.165, 1.54) is 4.90 Å². The average Bonchev–Trinajstić information content (AvgIpc) is 3.59. The molecule has 0 bridgehead atoms.